The van der Waals surface area contributed by atoms with Gasteiger partial charge in [0.15, 0.2) is 0 Å². The summed E-state index contributed by atoms with van der Waals surface area (Å²) in [5, 5.41) is 19.0. The van der Waals surface area contributed by atoms with Crippen molar-refractivity contribution < 1.29 is 15.0 Å². The Balaban J connectivity index is 1.77. The number of hydrogen-bond donors (Lipinski definition) is 2. The predicted molar refractivity (Wildman–Crippen MR) is 102 cm³/mol. The van der Waals surface area contributed by atoms with Crippen LogP contribution in [0.15, 0.2) is 48.5 Å². The van der Waals surface area contributed by atoms with E-state index in [1.165, 1.54) is 11.3 Å². The van der Waals surface area contributed by atoms with Gasteiger partial charge in [0.2, 0.25) is 0 Å². The second-order valence-corrected chi connectivity index (χ2v) is 6.80. The van der Waals surface area contributed by atoms with Crippen LogP contribution in [-0.2, 0) is 11.4 Å². The van der Waals surface area contributed by atoms with Crippen molar-refractivity contribution >= 4 is 11.7 Å². The topological polar surface area (TPSA) is 64.0 Å². The number of benzene rings is 2. The SMILES string of the molecule is Cc1ccccc1N1CCCN(C(C(=O)O)c2ccc(CO)cc2)CC1. The number of carboxylic acids is 1. The molecule has 1 fully saturated rings. The monoisotopic (exact) mass is 354 g/mol. The van der Waals surface area contributed by atoms with E-state index < -0.39 is 12.0 Å². The van der Waals surface area contributed by atoms with Crippen molar-refractivity contribution in [2.45, 2.75) is 26.0 Å². The Bertz CT molecular complexity index is 745. The second-order valence-electron chi connectivity index (χ2n) is 6.80. The van der Waals surface area contributed by atoms with Gasteiger partial charge in [0.05, 0.1) is 6.61 Å². The average Bonchev–Trinajstić information content (AvgIpc) is 2.89. The number of aliphatic hydroxyl groups is 1. The number of hydrogen-bond acceptors (Lipinski definition) is 4. The van der Waals surface area contributed by atoms with Crippen LogP contribution in [0.4, 0.5) is 5.69 Å². The normalized spacial score (nSPS) is 16.9. The van der Waals surface area contributed by atoms with E-state index in [0.29, 0.717) is 6.54 Å². The van der Waals surface area contributed by atoms with Gasteiger partial charge < -0.3 is 15.1 Å². The molecule has 1 heterocycles. The summed E-state index contributed by atoms with van der Waals surface area (Å²) in [7, 11) is 0. The van der Waals surface area contributed by atoms with Crippen molar-refractivity contribution in [1.29, 1.82) is 0 Å². The quantitative estimate of drug-likeness (QED) is 0.864. The number of aryl methyl sites for hydroxylation is 1. The Labute approximate surface area is 154 Å². The summed E-state index contributed by atoms with van der Waals surface area (Å²) in [5.74, 6) is -0.828. The van der Waals surface area contributed by atoms with Crippen molar-refractivity contribution in [3.05, 3.63) is 65.2 Å². The highest BCUT2D eigenvalue weighted by atomic mass is 16.4. The largest absolute Gasteiger partial charge is 0.480 e. The van der Waals surface area contributed by atoms with Crippen LogP contribution in [0.25, 0.3) is 0 Å². The lowest BCUT2D eigenvalue weighted by atomic mass is 10.0. The summed E-state index contributed by atoms with van der Waals surface area (Å²) in [5.41, 5.74) is 4.03. The van der Waals surface area contributed by atoms with Crippen LogP contribution in [0.5, 0.6) is 0 Å². The van der Waals surface area contributed by atoms with Gasteiger partial charge in [-0.05, 0) is 36.1 Å². The molecule has 0 spiro atoms. The fourth-order valence-electron chi connectivity index (χ4n) is 3.67. The minimum absolute atomic E-state index is 0.0346. The van der Waals surface area contributed by atoms with Crippen LogP contribution in [0.3, 0.4) is 0 Å². The first-order chi connectivity index (χ1) is 12.6. The van der Waals surface area contributed by atoms with Crippen molar-refractivity contribution in [2.75, 3.05) is 31.1 Å². The lowest BCUT2D eigenvalue weighted by Crippen LogP contribution is -2.37. The molecule has 0 aromatic heterocycles. The first-order valence-electron chi connectivity index (χ1n) is 9.07. The standard InChI is InChI=1S/C21H26N2O3/c1-16-5-2-3-6-19(16)22-11-4-12-23(14-13-22)20(21(25)26)18-9-7-17(15-24)8-10-18/h2-3,5-10,20,24H,4,11-15H2,1H3,(H,25,26). The van der Waals surface area contributed by atoms with Crippen LogP contribution >= 0.6 is 0 Å². The first kappa shape index (κ1) is 18.4. The first-order valence-corrected chi connectivity index (χ1v) is 9.07. The molecule has 2 N–H and O–H groups in total. The summed E-state index contributed by atoms with van der Waals surface area (Å²) < 4.78 is 0. The van der Waals surface area contributed by atoms with Crippen molar-refractivity contribution in [3.8, 4) is 0 Å². The van der Waals surface area contributed by atoms with Gasteiger partial charge in [-0.15, -0.1) is 0 Å². The van der Waals surface area contributed by atoms with Crippen molar-refractivity contribution in [2.24, 2.45) is 0 Å². The zero-order valence-electron chi connectivity index (χ0n) is 15.1. The van der Waals surface area contributed by atoms with E-state index in [-0.39, 0.29) is 6.61 Å². The number of carbonyl (C=O) groups is 1. The molecule has 0 saturated carbocycles. The smallest absolute Gasteiger partial charge is 0.325 e. The summed E-state index contributed by atoms with van der Waals surface area (Å²) in [6.07, 6.45) is 0.923. The summed E-state index contributed by atoms with van der Waals surface area (Å²) in [6, 6.07) is 14.9. The van der Waals surface area contributed by atoms with Crippen molar-refractivity contribution in [1.82, 2.24) is 4.90 Å². The Hall–Kier alpha value is -2.37. The third-order valence-electron chi connectivity index (χ3n) is 5.06. The van der Waals surface area contributed by atoms with E-state index in [0.717, 1.165) is 37.2 Å². The lowest BCUT2D eigenvalue weighted by Gasteiger charge is -2.28. The summed E-state index contributed by atoms with van der Waals surface area (Å²) >= 11 is 0. The fourth-order valence-corrected chi connectivity index (χ4v) is 3.67. The molecule has 2 aromatic carbocycles. The molecular weight excluding hydrogens is 328 g/mol. The summed E-state index contributed by atoms with van der Waals surface area (Å²) in [6.45, 7) is 5.27. The van der Waals surface area contributed by atoms with E-state index >= 15 is 0 Å². The zero-order chi connectivity index (χ0) is 18.5. The lowest BCUT2D eigenvalue weighted by molar-refractivity contribution is -0.143. The molecule has 5 nitrogen and oxygen atoms in total. The molecule has 138 valence electrons. The zero-order valence-corrected chi connectivity index (χ0v) is 15.1. The van der Waals surface area contributed by atoms with Crippen molar-refractivity contribution in [3.63, 3.8) is 0 Å². The van der Waals surface area contributed by atoms with E-state index in [4.69, 9.17) is 0 Å². The highest BCUT2D eigenvalue weighted by Crippen LogP contribution is 2.26. The molecule has 0 aliphatic carbocycles. The van der Waals surface area contributed by atoms with Gasteiger partial charge in [0.1, 0.15) is 6.04 Å². The maximum absolute atomic E-state index is 12.0. The second kappa shape index (κ2) is 8.34. The third kappa shape index (κ3) is 4.06. The molecule has 1 atom stereocenters. The molecule has 2 aromatic rings. The molecule has 26 heavy (non-hydrogen) atoms. The van der Waals surface area contributed by atoms with Gasteiger partial charge in [-0.3, -0.25) is 9.69 Å². The van der Waals surface area contributed by atoms with E-state index in [2.05, 4.69) is 28.9 Å². The maximum Gasteiger partial charge on any atom is 0.325 e. The van der Waals surface area contributed by atoms with E-state index in [9.17, 15) is 15.0 Å². The van der Waals surface area contributed by atoms with Gasteiger partial charge in [0.25, 0.3) is 0 Å². The molecule has 0 radical (unpaired) electrons. The number of anilines is 1. The Morgan fingerprint density at radius 2 is 1.77 bits per heavy atom. The van der Waals surface area contributed by atoms with Gasteiger partial charge in [-0.1, -0.05) is 42.5 Å². The molecule has 1 aliphatic rings. The molecule has 3 rings (SSSR count). The number of carboxylic acid groups (broad SMARTS) is 1. The van der Waals surface area contributed by atoms with Gasteiger partial charge in [-0.25, -0.2) is 0 Å². The van der Waals surface area contributed by atoms with Crippen LogP contribution < -0.4 is 4.90 Å². The van der Waals surface area contributed by atoms with E-state index in [1.807, 2.05) is 24.3 Å². The average molecular weight is 354 g/mol. The Morgan fingerprint density at radius 3 is 2.42 bits per heavy atom. The number of para-hydroxylation sites is 1. The van der Waals surface area contributed by atoms with Gasteiger partial charge in [-0.2, -0.15) is 0 Å². The number of aliphatic hydroxyl groups excluding tert-OH is 1. The molecule has 1 unspecified atom stereocenters. The molecule has 5 heteroatoms. The number of aliphatic carboxylic acids is 1. The third-order valence-corrected chi connectivity index (χ3v) is 5.06. The highest BCUT2D eigenvalue weighted by molar-refractivity contribution is 5.75. The summed E-state index contributed by atoms with van der Waals surface area (Å²) in [4.78, 5) is 16.4. The molecule has 1 saturated heterocycles. The van der Waals surface area contributed by atoms with Crippen LogP contribution in [0.2, 0.25) is 0 Å². The molecular formula is C21H26N2O3. The maximum atomic E-state index is 12.0. The Kier molecular flexibility index (Phi) is 5.91. The number of nitrogens with zero attached hydrogens (tertiary/aromatic N) is 2. The predicted octanol–water partition coefficient (Wildman–Crippen LogP) is 2.83. The highest BCUT2D eigenvalue weighted by Gasteiger charge is 2.29. The van der Waals surface area contributed by atoms with E-state index in [1.54, 1.807) is 12.1 Å². The van der Waals surface area contributed by atoms with Crippen LogP contribution in [-0.4, -0.2) is 47.3 Å². The van der Waals surface area contributed by atoms with Gasteiger partial charge in [0, 0.05) is 31.9 Å². The minimum atomic E-state index is -0.828. The van der Waals surface area contributed by atoms with Crippen LogP contribution in [0, 0.1) is 6.92 Å². The molecule has 1 aliphatic heterocycles. The number of rotatable bonds is 5. The Morgan fingerprint density at radius 1 is 1.04 bits per heavy atom. The van der Waals surface area contributed by atoms with Crippen LogP contribution in [0.1, 0.15) is 29.2 Å². The molecule has 0 bridgehead atoms. The molecule has 0 amide bonds. The minimum Gasteiger partial charge on any atom is -0.480 e. The fraction of sp³-hybridized carbons (Fsp3) is 0.381. The van der Waals surface area contributed by atoms with Gasteiger partial charge >= 0.3 is 5.97 Å².